The largest absolute Gasteiger partial charge is 0.484 e. The second-order valence-electron chi connectivity index (χ2n) is 5.98. The van der Waals surface area contributed by atoms with Gasteiger partial charge in [0.1, 0.15) is 5.60 Å². The first-order valence-corrected chi connectivity index (χ1v) is 8.78. The highest BCUT2D eigenvalue weighted by Crippen LogP contribution is 2.41. The molecule has 0 radical (unpaired) electrons. The summed E-state index contributed by atoms with van der Waals surface area (Å²) in [6, 6.07) is 0. The van der Waals surface area contributed by atoms with Crippen LogP contribution in [0.2, 0.25) is 18.1 Å². The van der Waals surface area contributed by atoms with E-state index in [1.54, 1.807) is 0 Å². The molecule has 2 nitrogen and oxygen atoms in total. The van der Waals surface area contributed by atoms with Crippen LogP contribution in [-0.4, -0.2) is 25.6 Å². The zero-order valence-corrected chi connectivity index (χ0v) is 12.5. The third-order valence-electron chi connectivity index (χ3n) is 3.53. The van der Waals surface area contributed by atoms with Gasteiger partial charge in [0.15, 0.2) is 13.4 Å². The van der Waals surface area contributed by atoms with Gasteiger partial charge in [0.2, 0.25) is 0 Å². The molecule has 1 aliphatic rings. The van der Waals surface area contributed by atoms with Crippen molar-refractivity contribution >= 4 is 25.6 Å². The fourth-order valence-corrected chi connectivity index (χ4v) is 3.33. The minimum absolute atomic E-state index is 0.216. The molecule has 1 heterocycles. The van der Waals surface area contributed by atoms with Crippen molar-refractivity contribution in [1.82, 2.24) is 0 Å². The van der Waals surface area contributed by atoms with E-state index in [-0.39, 0.29) is 10.6 Å². The van der Waals surface area contributed by atoms with Gasteiger partial charge in [-0.3, -0.25) is 0 Å². The van der Waals surface area contributed by atoms with E-state index in [2.05, 4.69) is 40.8 Å². The molecule has 0 N–H and O–H groups in total. The van der Waals surface area contributed by atoms with Gasteiger partial charge in [0.05, 0.1) is 6.61 Å². The topological polar surface area (TPSA) is 18.5 Å². The van der Waals surface area contributed by atoms with E-state index in [9.17, 15) is 0 Å². The van der Waals surface area contributed by atoms with E-state index in [0.29, 0.717) is 11.7 Å². The minimum Gasteiger partial charge on any atom is -0.484 e. The van der Waals surface area contributed by atoms with Crippen molar-refractivity contribution in [2.24, 2.45) is 0 Å². The van der Waals surface area contributed by atoms with Gasteiger partial charge in [-0.25, -0.2) is 0 Å². The van der Waals surface area contributed by atoms with Crippen LogP contribution in [0.15, 0.2) is 0 Å². The molecule has 0 saturated carbocycles. The van der Waals surface area contributed by atoms with Gasteiger partial charge in [-0.05, 0) is 37.3 Å². The van der Waals surface area contributed by atoms with Crippen molar-refractivity contribution in [3.05, 3.63) is 0 Å². The third kappa shape index (κ3) is 2.60. The predicted molar refractivity (Wildman–Crippen MR) is 69.9 cm³/mol. The fraction of sp³-hybridized carbons (Fsp3) is 0.909. The van der Waals surface area contributed by atoms with Crippen LogP contribution in [0.5, 0.6) is 0 Å². The maximum Gasteiger partial charge on any atom is 0.193 e. The van der Waals surface area contributed by atoms with Crippen molar-refractivity contribution < 1.29 is 9.16 Å². The van der Waals surface area contributed by atoms with Crippen LogP contribution in [0.3, 0.4) is 0 Å². The average Bonchev–Trinajstić information content (AvgIpc) is 2.28. The summed E-state index contributed by atoms with van der Waals surface area (Å²) in [5, 5.41) is 0.848. The van der Waals surface area contributed by atoms with Gasteiger partial charge >= 0.3 is 0 Å². The molecule has 0 amide bonds. The second kappa shape index (κ2) is 3.82. The Labute approximate surface area is 99.5 Å². The fourth-order valence-electron chi connectivity index (χ4n) is 1.40. The lowest BCUT2D eigenvalue weighted by atomic mass is 10.1. The summed E-state index contributed by atoms with van der Waals surface area (Å²) in [4.78, 5) is 0. The quantitative estimate of drug-likeness (QED) is 0.549. The lowest BCUT2D eigenvalue weighted by Crippen LogP contribution is -2.50. The van der Waals surface area contributed by atoms with Gasteiger partial charge in [0.25, 0.3) is 0 Å². The van der Waals surface area contributed by atoms with E-state index in [1.807, 2.05) is 0 Å². The number of thiocarbonyl (C=S) groups is 1. The van der Waals surface area contributed by atoms with Crippen molar-refractivity contribution in [3.8, 4) is 0 Å². The van der Waals surface area contributed by atoms with E-state index >= 15 is 0 Å². The molecule has 0 spiro atoms. The van der Waals surface area contributed by atoms with Crippen LogP contribution >= 0.6 is 12.2 Å². The molecule has 0 aromatic heterocycles. The zero-order valence-electron chi connectivity index (χ0n) is 10.6. The van der Waals surface area contributed by atoms with Gasteiger partial charge in [-0.15, -0.1) is 0 Å². The molecule has 88 valence electrons. The first kappa shape index (κ1) is 13.1. The molecule has 0 bridgehead atoms. The molecule has 15 heavy (non-hydrogen) atoms. The molecule has 1 saturated heterocycles. The number of rotatable bonds is 2. The number of ether oxygens (including phenoxy) is 1. The van der Waals surface area contributed by atoms with Crippen LogP contribution in [0, 0.1) is 0 Å². The van der Waals surface area contributed by atoms with Crippen molar-refractivity contribution in [2.75, 3.05) is 6.61 Å². The van der Waals surface area contributed by atoms with Crippen LogP contribution in [0.1, 0.15) is 34.1 Å². The third-order valence-corrected chi connectivity index (χ3v) is 8.65. The SMILES string of the molecule is CC1(O[Si](C)(C)C(C)(C)C)CCOC1=S. The van der Waals surface area contributed by atoms with Gasteiger partial charge in [-0.1, -0.05) is 20.8 Å². The summed E-state index contributed by atoms with van der Waals surface area (Å²) in [6.07, 6.45) is 0.887. The molecule has 1 rings (SSSR count). The van der Waals surface area contributed by atoms with Gasteiger partial charge < -0.3 is 9.16 Å². The van der Waals surface area contributed by atoms with Crippen LogP contribution < -0.4 is 0 Å². The number of hydrogen-bond acceptors (Lipinski definition) is 3. The first-order chi connectivity index (χ1) is 6.58. The molecule has 0 aromatic carbocycles. The highest BCUT2D eigenvalue weighted by molar-refractivity contribution is 7.80. The predicted octanol–water partition coefficient (Wildman–Crippen LogP) is 3.51. The second-order valence-corrected chi connectivity index (χ2v) is 11.1. The summed E-state index contributed by atoms with van der Waals surface area (Å²) >= 11 is 5.22. The van der Waals surface area contributed by atoms with Crippen molar-refractivity contribution in [3.63, 3.8) is 0 Å². The van der Waals surface area contributed by atoms with Crippen molar-refractivity contribution in [2.45, 2.75) is 57.8 Å². The Balaban J connectivity index is 2.81. The summed E-state index contributed by atoms with van der Waals surface area (Å²) in [5.41, 5.74) is -0.335. The summed E-state index contributed by atoms with van der Waals surface area (Å²) < 4.78 is 11.7. The van der Waals surface area contributed by atoms with E-state index < -0.39 is 8.32 Å². The Hall–Kier alpha value is 0.0669. The van der Waals surface area contributed by atoms with Crippen molar-refractivity contribution in [1.29, 1.82) is 0 Å². The Morgan fingerprint density at radius 2 is 1.93 bits per heavy atom. The molecular formula is C11H22O2SSi. The lowest BCUT2D eigenvalue weighted by Gasteiger charge is -2.41. The monoisotopic (exact) mass is 246 g/mol. The Kier molecular flexibility index (Phi) is 3.35. The molecule has 1 aliphatic heterocycles. The van der Waals surface area contributed by atoms with Crippen LogP contribution in [-0.2, 0) is 9.16 Å². The average molecular weight is 246 g/mol. The molecular weight excluding hydrogens is 224 g/mol. The molecule has 4 heteroatoms. The summed E-state index contributed by atoms with van der Waals surface area (Å²) in [7, 11) is -1.75. The smallest absolute Gasteiger partial charge is 0.193 e. The van der Waals surface area contributed by atoms with E-state index in [1.165, 1.54) is 0 Å². The lowest BCUT2D eigenvalue weighted by molar-refractivity contribution is 0.147. The summed E-state index contributed by atoms with van der Waals surface area (Å²) in [6.45, 7) is 14.0. The summed E-state index contributed by atoms with van der Waals surface area (Å²) in [5.74, 6) is 0. The molecule has 0 aliphatic carbocycles. The van der Waals surface area contributed by atoms with Gasteiger partial charge in [0, 0.05) is 6.42 Å². The number of hydrogen-bond donors (Lipinski definition) is 0. The van der Waals surface area contributed by atoms with E-state index in [0.717, 1.165) is 6.42 Å². The maximum absolute atomic E-state index is 6.34. The Morgan fingerprint density at radius 3 is 2.27 bits per heavy atom. The zero-order chi connectivity index (χ0) is 11.9. The Morgan fingerprint density at radius 1 is 1.40 bits per heavy atom. The highest BCUT2D eigenvalue weighted by atomic mass is 32.1. The normalized spacial score (nSPS) is 28.0. The standard InChI is InChI=1S/C11H22O2SSi/c1-10(2,3)15(5,6)13-11(4)7-8-12-9(11)14/h7-8H2,1-6H3. The Bertz CT molecular complexity index is 270. The molecule has 1 fully saturated rings. The van der Waals surface area contributed by atoms with Crippen LogP contribution in [0.25, 0.3) is 0 Å². The van der Waals surface area contributed by atoms with E-state index in [4.69, 9.17) is 21.4 Å². The maximum atomic E-state index is 6.34. The molecule has 0 aromatic rings. The first-order valence-electron chi connectivity index (χ1n) is 5.46. The highest BCUT2D eigenvalue weighted by Gasteiger charge is 2.47. The molecule has 1 atom stereocenters. The van der Waals surface area contributed by atoms with Gasteiger partial charge in [-0.2, -0.15) is 0 Å². The minimum atomic E-state index is -1.75. The van der Waals surface area contributed by atoms with Crippen LogP contribution in [0.4, 0.5) is 0 Å². The molecule has 1 unspecified atom stereocenters.